The van der Waals surface area contributed by atoms with Crippen molar-refractivity contribution in [2.24, 2.45) is 0 Å². The number of phenols is 1. The number of anilines is 1. The molecule has 4 aromatic rings. The number of phenolic OH excluding ortho intramolecular Hbond substituents is 1. The molecule has 3 aromatic carbocycles. The molecule has 1 aromatic heterocycles. The quantitative estimate of drug-likeness (QED) is 0.502. The number of nitrogens with zero attached hydrogens (tertiary/aromatic N) is 3. The lowest BCUT2D eigenvalue weighted by molar-refractivity contribution is 0.122. The van der Waals surface area contributed by atoms with Crippen LogP contribution in [0.5, 0.6) is 5.75 Å². The smallest absolute Gasteiger partial charge is 0.164 e. The highest BCUT2D eigenvalue weighted by Crippen LogP contribution is 2.34. The molecule has 152 valence electrons. The summed E-state index contributed by atoms with van der Waals surface area (Å²) in [6, 6.07) is 16.2. The third-order valence-corrected chi connectivity index (χ3v) is 5.69. The number of rotatable bonds is 3. The molecule has 1 N–H and O–H groups in total. The summed E-state index contributed by atoms with van der Waals surface area (Å²) in [6.07, 6.45) is 1.75. The van der Waals surface area contributed by atoms with E-state index in [9.17, 15) is 9.50 Å². The first-order valence-electron chi connectivity index (χ1n) is 9.69. The van der Waals surface area contributed by atoms with Gasteiger partial charge in [0.2, 0.25) is 0 Å². The van der Waals surface area contributed by atoms with Crippen LogP contribution in [0.1, 0.15) is 0 Å². The fourth-order valence-electron chi connectivity index (χ4n) is 3.80. The number of fused-ring (bicyclic) bond motifs is 1. The fourth-order valence-corrected chi connectivity index (χ4v) is 4.08. The Hall–Kier alpha value is -3.09. The molecule has 0 amide bonds. The first-order valence-corrected chi connectivity index (χ1v) is 10.1. The van der Waals surface area contributed by atoms with Gasteiger partial charge in [0.1, 0.15) is 0 Å². The Bertz CT molecular complexity index is 1230. The Morgan fingerprint density at radius 2 is 1.77 bits per heavy atom. The maximum Gasteiger partial charge on any atom is 0.164 e. The largest absolute Gasteiger partial charge is 0.505 e. The molecule has 0 unspecified atom stereocenters. The van der Waals surface area contributed by atoms with Crippen LogP contribution in [0.2, 0.25) is 5.02 Å². The Morgan fingerprint density at radius 1 is 0.967 bits per heavy atom. The van der Waals surface area contributed by atoms with E-state index in [-0.39, 0.29) is 0 Å². The van der Waals surface area contributed by atoms with Crippen molar-refractivity contribution in [1.29, 1.82) is 0 Å². The van der Waals surface area contributed by atoms with E-state index >= 15 is 0 Å². The van der Waals surface area contributed by atoms with Gasteiger partial charge in [-0.25, -0.2) is 9.07 Å². The third kappa shape index (κ3) is 3.38. The van der Waals surface area contributed by atoms with Gasteiger partial charge in [-0.2, -0.15) is 5.10 Å². The maximum absolute atomic E-state index is 13.4. The second kappa shape index (κ2) is 7.63. The van der Waals surface area contributed by atoms with Crippen molar-refractivity contribution < 1.29 is 14.2 Å². The van der Waals surface area contributed by atoms with Crippen LogP contribution in [0.25, 0.3) is 27.7 Å². The summed E-state index contributed by atoms with van der Waals surface area (Å²) < 4.78 is 20.5. The Morgan fingerprint density at radius 3 is 2.53 bits per heavy atom. The standard InChI is InChI=1S/C23H19ClFN3O2/c24-20-12-17(27-7-9-30-10-8-27)2-4-19(20)15-1-6-22-16(11-15)14-26-28(22)18-3-5-21(25)23(29)13-18/h1-6,11-14,29H,7-10H2. The van der Waals surface area contributed by atoms with Crippen LogP contribution in [0.4, 0.5) is 10.1 Å². The van der Waals surface area contributed by atoms with Gasteiger partial charge in [-0.05, 0) is 42.0 Å². The van der Waals surface area contributed by atoms with Gasteiger partial charge in [-0.15, -0.1) is 0 Å². The van der Waals surface area contributed by atoms with E-state index in [1.54, 1.807) is 16.9 Å². The van der Waals surface area contributed by atoms with Crippen LogP contribution >= 0.6 is 11.6 Å². The van der Waals surface area contributed by atoms with Crippen molar-refractivity contribution in [2.75, 3.05) is 31.2 Å². The second-order valence-corrected chi connectivity index (χ2v) is 7.64. The molecule has 5 nitrogen and oxygen atoms in total. The van der Waals surface area contributed by atoms with Crippen LogP contribution in [0.15, 0.2) is 60.8 Å². The van der Waals surface area contributed by atoms with E-state index in [1.807, 2.05) is 30.3 Å². The van der Waals surface area contributed by atoms with Gasteiger partial charge in [0.05, 0.1) is 35.6 Å². The van der Waals surface area contributed by atoms with E-state index in [4.69, 9.17) is 16.3 Å². The third-order valence-electron chi connectivity index (χ3n) is 5.38. The number of aromatic hydroxyl groups is 1. The minimum atomic E-state index is -0.660. The zero-order valence-corrected chi connectivity index (χ0v) is 16.8. The summed E-state index contributed by atoms with van der Waals surface area (Å²) in [6.45, 7) is 3.18. The maximum atomic E-state index is 13.4. The topological polar surface area (TPSA) is 50.5 Å². The van der Waals surface area contributed by atoms with Crippen molar-refractivity contribution in [1.82, 2.24) is 9.78 Å². The van der Waals surface area contributed by atoms with Crippen LogP contribution in [0, 0.1) is 5.82 Å². The highest BCUT2D eigenvalue weighted by Gasteiger charge is 2.14. The number of halogens is 2. The van der Waals surface area contributed by atoms with Gasteiger partial charge >= 0.3 is 0 Å². The van der Waals surface area contributed by atoms with Crippen LogP contribution in [0.3, 0.4) is 0 Å². The highest BCUT2D eigenvalue weighted by atomic mass is 35.5. The van der Waals surface area contributed by atoms with E-state index in [1.165, 1.54) is 12.1 Å². The first-order chi connectivity index (χ1) is 14.6. The van der Waals surface area contributed by atoms with Crippen molar-refractivity contribution >= 4 is 28.2 Å². The summed E-state index contributed by atoms with van der Waals surface area (Å²) in [5, 5.41) is 15.7. The van der Waals surface area contributed by atoms with Crippen LogP contribution < -0.4 is 4.90 Å². The molecule has 1 fully saturated rings. The molecule has 0 atom stereocenters. The monoisotopic (exact) mass is 423 g/mol. The molecule has 1 aliphatic rings. The van der Waals surface area contributed by atoms with E-state index < -0.39 is 11.6 Å². The molecule has 0 spiro atoms. The predicted molar refractivity (Wildman–Crippen MR) is 116 cm³/mol. The summed E-state index contributed by atoms with van der Waals surface area (Å²) >= 11 is 6.63. The summed E-state index contributed by atoms with van der Waals surface area (Å²) in [5.41, 5.74) is 4.47. The molecule has 7 heteroatoms. The number of hydrogen-bond donors (Lipinski definition) is 1. The first kappa shape index (κ1) is 18.9. The molecule has 1 saturated heterocycles. The molecule has 0 bridgehead atoms. The number of aromatic nitrogens is 2. The molecule has 5 rings (SSSR count). The zero-order valence-electron chi connectivity index (χ0n) is 16.1. The molecule has 0 saturated carbocycles. The summed E-state index contributed by atoms with van der Waals surface area (Å²) in [5.74, 6) is -1.06. The summed E-state index contributed by atoms with van der Waals surface area (Å²) in [7, 11) is 0. The van der Waals surface area contributed by atoms with Crippen molar-refractivity contribution in [2.45, 2.75) is 0 Å². The number of benzene rings is 3. The van der Waals surface area contributed by atoms with Crippen molar-refractivity contribution in [3.8, 4) is 22.6 Å². The molecular weight excluding hydrogens is 405 g/mol. The number of morpholine rings is 1. The molecule has 0 aliphatic carbocycles. The number of ether oxygens (including phenoxy) is 1. The van der Waals surface area contributed by atoms with E-state index in [0.717, 1.165) is 54.0 Å². The Labute approximate surface area is 177 Å². The predicted octanol–water partition coefficient (Wildman–Crippen LogP) is 5.03. The lowest BCUT2D eigenvalue weighted by Crippen LogP contribution is -2.36. The second-order valence-electron chi connectivity index (χ2n) is 7.23. The minimum absolute atomic E-state index is 0.403. The van der Waals surface area contributed by atoms with Crippen molar-refractivity contribution in [3.05, 3.63) is 71.6 Å². The molecule has 0 radical (unpaired) electrons. The average molecular weight is 424 g/mol. The number of hydrogen-bond acceptors (Lipinski definition) is 4. The molecule has 30 heavy (non-hydrogen) atoms. The van der Waals surface area contributed by atoms with Crippen molar-refractivity contribution in [3.63, 3.8) is 0 Å². The molecule has 2 heterocycles. The van der Waals surface area contributed by atoms with Crippen LogP contribution in [-0.4, -0.2) is 41.2 Å². The van der Waals surface area contributed by atoms with Gasteiger partial charge in [0.25, 0.3) is 0 Å². The van der Waals surface area contributed by atoms with E-state index in [2.05, 4.69) is 16.1 Å². The normalized spacial score (nSPS) is 14.4. The van der Waals surface area contributed by atoms with Gasteiger partial charge in [-0.1, -0.05) is 23.7 Å². The molecule has 1 aliphatic heterocycles. The zero-order chi connectivity index (χ0) is 20.7. The Kier molecular flexibility index (Phi) is 4.81. The average Bonchev–Trinajstić information content (AvgIpc) is 3.19. The molecular formula is C23H19ClFN3O2. The lowest BCUT2D eigenvalue weighted by atomic mass is 10.0. The van der Waals surface area contributed by atoms with Gasteiger partial charge in [0.15, 0.2) is 11.6 Å². The van der Waals surface area contributed by atoms with E-state index in [0.29, 0.717) is 10.7 Å². The van der Waals surface area contributed by atoms with Crippen LogP contribution in [-0.2, 0) is 4.74 Å². The highest BCUT2D eigenvalue weighted by molar-refractivity contribution is 6.33. The SMILES string of the molecule is Oc1cc(-n2ncc3cc(-c4ccc(N5CCOCC5)cc4Cl)ccc32)ccc1F. The van der Waals surface area contributed by atoms with Gasteiger partial charge < -0.3 is 14.7 Å². The van der Waals surface area contributed by atoms with Gasteiger partial charge in [0, 0.05) is 35.8 Å². The fraction of sp³-hybridized carbons (Fsp3) is 0.174. The van der Waals surface area contributed by atoms with Gasteiger partial charge in [-0.3, -0.25) is 0 Å². The lowest BCUT2D eigenvalue weighted by Gasteiger charge is -2.29. The Balaban J connectivity index is 1.49. The summed E-state index contributed by atoms with van der Waals surface area (Å²) in [4.78, 5) is 2.27. The minimum Gasteiger partial charge on any atom is -0.505 e.